The Kier molecular flexibility index (Phi) is 1.97. The highest BCUT2D eigenvalue weighted by Gasteiger charge is 2.52. The molecule has 0 aromatic rings. The molecule has 70 valence electrons. The average Bonchev–Trinajstić information content (AvgIpc) is 2.19. The van der Waals surface area contributed by atoms with Gasteiger partial charge in [-0.05, 0) is 42.4 Å². The zero-order valence-corrected chi connectivity index (χ0v) is 8.77. The molecule has 4 unspecified atom stereocenters. The van der Waals surface area contributed by atoms with Crippen LogP contribution in [0.3, 0.4) is 0 Å². The standard InChI is InChI=1S/C12H22/c1-4-9-8-12(3,5-2)11-7-6-10(9)11/h9-11H,4-8H2,1-3H3. The second-order valence-electron chi connectivity index (χ2n) is 5.23. The molecule has 0 N–H and O–H groups in total. The van der Waals surface area contributed by atoms with Crippen LogP contribution in [0.25, 0.3) is 0 Å². The van der Waals surface area contributed by atoms with E-state index in [0.29, 0.717) is 0 Å². The molecule has 0 bridgehead atoms. The summed E-state index contributed by atoms with van der Waals surface area (Å²) in [5, 5.41) is 0. The van der Waals surface area contributed by atoms with Gasteiger partial charge in [-0.3, -0.25) is 0 Å². The van der Waals surface area contributed by atoms with Gasteiger partial charge in [0.25, 0.3) is 0 Å². The third kappa shape index (κ3) is 0.963. The van der Waals surface area contributed by atoms with E-state index < -0.39 is 0 Å². The molecule has 0 amide bonds. The molecule has 0 heteroatoms. The molecule has 2 fully saturated rings. The molecule has 2 aliphatic rings. The van der Waals surface area contributed by atoms with Crippen LogP contribution in [0.2, 0.25) is 0 Å². The van der Waals surface area contributed by atoms with E-state index in [1.165, 1.54) is 25.7 Å². The summed E-state index contributed by atoms with van der Waals surface area (Å²) >= 11 is 0. The highest BCUT2D eigenvalue weighted by molar-refractivity contribution is 5.02. The zero-order valence-electron chi connectivity index (χ0n) is 8.77. The van der Waals surface area contributed by atoms with Gasteiger partial charge in [0, 0.05) is 0 Å². The zero-order chi connectivity index (χ0) is 8.77. The van der Waals surface area contributed by atoms with Crippen molar-refractivity contribution >= 4 is 0 Å². The maximum Gasteiger partial charge on any atom is -0.0295 e. The normalized spacial score (nSPS) is 51.8. The van der Waals surface area contributed by atoms with Crippen molar-refractivity contribution in [3.8, 4) is 0 Å². The Hall–Kier alpha value is 0. The van der Waals surface area contributed by atoms with E-state index in [9.17, 15) is 0 Å². The Balaban J connectivity index is 2.11. The molecule has 0 heterocycles. The smallest absolute Gasteiger partial charge is 0.0295 e. The lowest BCUT2D eigenvalue weighted by Crippen LogP contribution is -2.32. The highest BCUT2D eigenvalue weighted by Crippen LogP contribution is 2.61. The Morgan fingerprint density at radius 3 is 2.25 bits per heavy atom. The Labute approximate surface area is 76.7 Å². The first kappa shape index (κ1) is 8.59. The van der Waals surface area contributed by atoms with Gasteiger partial charge < -0.3 is 0 Å². The maximum atomic E-state index is 2.53. The molecule has 12 heavy (non-hydrogen) atoms. The second-order valence-corrected chi connectivity index (χ2v) is 5.23. The number of hydrogen-bond acceptors (Lipinski definition) is 0. The Morgan fingerprint density at radius 1 is 1.25 bits per heavy atom. The molecule has 0 aliphatic heterocycles. The van der Waals surface area contributed by atoms with Crippen molar-refractivity contribution in [3.05, 3.63) is 0 Å². The SMILES string of the molecule is CCC1CC(C)(CC)C2CCC12. The summed E-state index contributed by atoms with van der Waals surface area (Å²) in [7, 11) is 0. The van der Waals surface area contributed by atoms with Crippen molar-refractivity contribution in [3.63, 3.8) is 0 Å². The van der Waals surface area contributed by atoms with E-state index in [-0.39, 0.29) is 0 Å². The van der Waals surface area contributed by atoms with Crippen molar-refractivity contribution in [1.82, 2.24) is 0 Å². The Bertz CT molecular complexity index is 171. The molecule has 2 rings (SSSR count). The summed E-state index contributed by atoms with van der Waals surface area (Å²) in [6, 6.07) is 0. The van der Waals surface area contributed by atoms with Gasteiger partial charge in [-0.1, -0.05) is 33.6 Å². The summed E-state index contributed by atoms with van der Waals surface area (Å²) in [4.78, 5) is 0. The minimum atomic E-state index is 0.726. The lowest BCUT2D eigenvalue weighted by molar-refractivity contribution is 0.0862. The van der Waals surface area contributed by atoms with Crippen LogP contribution in [-0.4, -0.2) is 0 Å². The van der Waals surface area contributed by atoms with Gasteiger partial charge in [0.1, 0.15) is 0 Å². The van der Waals surface area contributed by atoms with Crippen LogP contribution in [-0.2, 0) is 0 Å². The van der Waals surface area contributed by atoms with E-state index in [1.54, 1.807) is 6.42 Å². The van der Waals surface area contributed by atoms with Gasteiger partial charge in [-0.2, -0.15) is 0 Å². The van der Waals surface area contributed by atoms with Crippen LogP contribution in [0.4, 0.5) is 0 Å². The largest absolute Gasteiger partial charge is 0.0651 e. The minimum Gasteiger partial charge on any atom is -0.0651 e. The molecule has 4 atom stereocenters. The predicted octanol–water partition coefficient (Wildman–Crippen LogP) is 3.86. The van der Waals surface area contributed by atoms with Gasteiger partial charge in [0.2, 0.25) is 0 Å². The van der Waals surface area contributed by atoms with E-state index in [0.717, 1.165) is 23.2 Å². The fourth-order valence-corrected chi connectivity index (χ4v) is 3.71. The van der Waals surface area contributed by atoms with E-state index in [4.69, 9.17) is 0 Å². The van der Waals surface area contributed by atoms with Gasteiger partial charge >= 0.3 is 0 Å². The first-order valence-corrected chi connectivity index (χ1v) is 5.71. The highest BCUT2D eigenvalue weighted by atomic mass is 14.6. The summed E-state index contributed by atoms with van der Waals surface area (Å²) in [5.74, 6) is 3.31. The summed E-state index contributed by atoms with van der Waals surface area (Å²) in [6.07, 6.45) is 7.43. The van der Waals surface area contributed by atoms with Gasteiger partial charge in [0.15, 0.2) is 0 Å². The second kappa shape index (κ2) is 2.75. The van der Waals surface area contributed by atoms with E-state index in [2.05, 4.69) is 20.8 Å². The van der Waals surface area contributed by atoms with Crippen molar-refractivity contribution in [2.45, 2.75) is 52.9 Å². The van der Waals surface area contributed by atoms with E-state index >= 15 is 0 Å². The van der Waals surface area contributed by atoms with Crippen molar-refractivity contribution < 1.29 is 0 Å². The van der Waals surface area contributed by atoms with Crippen molar-refractivity contribution in [2.24, 2.45) is 23.2 Å². The topological polar surface area (TPSA) is 0 Å². The molecular weight excluding hydrogens is 144 g/mol. The average molecular weight is 166 g/mol. The fourth-order valence-electron chi connectivity index (χ4n) is 3.71. The summed E-state index contributed by atoms with van der Waals surface area (Å²) in [5.41, 5.74) is 0.726. The lowest BCUT2D eigenvalue weighted by Gasteiger charge is -2.41. The predicted molar refractivity (Wildman–Crippen MR) is 53.0 cm³/mol. The molecule has 0 saturated heterocycles. The van der Waals surface area contributed by atoms with Crippen LogP contribution in [0.15, 0.2) is 0 Å². The monoisotopic (exact) mass is 166 g/mol. The molecule has 0 aromatic carbocycles. The van der Waals surface area contributed by atoms with Crippen LogP contribution >= 0.6 is 0 Å². The van der Waals surface area contributed by atoms with Crippen LogP contribution in [0.1, 0.15) is 52.9 Å². The van der Waals surface area contributed by atoms with Gasteiger partial charge in [-0.25, -0.2) is 0 Å². The fraction of sp³-hybridized carbons (Fsp3) is 1.00. The third-order valence-electron chi connectivity index (χ3n) is 4.89. The molecule has 0 nitrogen and oxygen atoms in total. The van der Waals surface area contributed by atoms with Crippen LogP contribution in [0.5, 0.6) is 0 Å². The summed E-state index contributed by atoms with van der Waals surface area (Å²) < 4.78 is 0. The minimum absolute atomic E-state index is 0.726. The molecule has 0 radical (unpaired) electrons. The van der Waals surface area contributed by atoms with Crippen molar-refractivity contribution in [1.29, 1.82) is 0 Å². The number of rotatable bonds is 2. The Morgan fingerprint density at radius 2 is 2.00 bits per heavy atom. The van der Waals surface area contributed by atoms with Gasteiger partial charge in [-0.15, -0.1) is 0 Å². The molecule has 2 aliphatic carbocycles. The first-order valence-electron chi connectivity index (χ1n) is 5.71. The maximum absolute atomic E-state index is 2.53. The van der Waals surface area contributed by atoms with Crippen LogP contribution in [0, 0.1) is 23.2 Å². The van der Waals surface area contributed by atoms with Gasteiger partial charge in [0.05, 0.1) is 0 Å². The third-order valence-corrected chi connectivity index (χ3v) is 4.89. The van der Waals surface area contributed by atoms with Crippen LogP contribution < -0.4 is 0 Å². The quantitative estimate of drug-likeness (QED) is 0.584. The number of fused-ring (bicyclic) bond motifs is 1. The molecule has 0 aromatic heterocycles. The van der Waals surface area contributed by atoms with Crippen molar-refractivity contribution in [2.75, 3.05) is 0 Å². The first-order chi connectivity index (χ1) is 5.71. The van der Waals surface area contributed by atoms with E-state index in [1.807, 2.05) is 0 Å². The molecular formula is C12H22. The molecule has 0 spiro atoms. The number of hydrogen-bond donors (Lipinski definition) is 0. The lowest BCUT2D eigenvalue weighted by atomic mass is 9.64. The molecule has 2 saturated carbocycles. The summed E-state index contributed by atoms with van der Waals surface area (Å²) in [6.45, 7) is 7.29.